The van der Waals surface area contributed by atoms with Crippen LogP contribution in [0.15, 0.2) is 67.5 Å². The molecule has 3 heterocycles. The fourth-order valence-electron chi connectivity index (χ4n) is 2.27. The minimum Gasteiger partial charge on any atom is -0.290 e. The number of benzene rings is 1. The molecule has 5 heteroatoms. The monoisotopic (exact) mass is 273 g/mol. The fraction of sp³-hybridized carbons (Fsp3) is 0. The Labute approximate surface area is 121 Å². The van der Waals surface area contributed by atoms with Gasteiger partial charge in [0.15, 0.2) is 5.82 Å². The van der Waals surface area contributed by atoms with Gasteiger partial charge in [-0.15, -0.1) is 0 Å². The second-order valence-corrected chi connectivity index (χ2v) is 4.59. The summed E-state index contributed by atoms with van der Waals surface area (Å²) in [5, 5.41) is 0.994. The first-order chi connectivity index (χ1) is 10.4. The molecule has 0 fully saturated rings. The van der Waals surface area contributed by atoms with Crippen molar-refractivity contribution in [1.29, 1.82) is 0 Å². The van der Waals surface area contributed by atoms with Gasteiger partial charge in [0.25, 0.3) is 0 Å². The molecule has 0 saturated carbocycles. The summed E-state index contributed by atoms with van der Waals surface area (Å²) < 4.78 is 1.90. The Bertz CT molecular complexity index is 885. The Balaban J connectivity index is 2.03. The SMILES string of the molecule is c1ccc2c(-n3ccnc3)nc(-c3ccncc3)nc2c1. The van der Waals surface area contributed by atoms with Crippen molar-refractivity contribution < 1.29 is 0 Å². The number of imidazole rings is 1. The molecule has 0 spiro atoms. The first-order valence-electron chi connectivity index (χ1n) is 6.57. The van der Waals surface area contributed by atoms with Gasteiger partial charge in [0.1, 0.15) is 12.1 Å². The summed E-state index contributed by atoms with van der Waals surface area (Å²) in [4.78, 5) is 17.5. The third kappa shape index (κ3) is 2.04. The largest absolute Gasteiger partial charge is 0.290 e. The van der Waals surface area contributed by atoms with Crippen molar-refractivity contribution in [3.8, 4) is 17.2 Å². The first kappa shape index (κ1) is 11.7. The quantitative estimate of drug-likeness (QED) is 0.563. The summed E-state index contributed by atoms with van der Waals surface area (Å²) in [5.41, 5.74) is 1.85. The van der Waals surface area contributed by atoms with Crippen LogP contribution in [-0.4, -0.2) is 24.5 Å². The van der Waals surface area contributed by atoms with E-state index in [1.165, 1.54) is 0 Å². The summed E-state index contributed by atoms with van der Waals surface area (Å²) in [7, 11) is 0. The van der Waals surface area contributed by atoms with Crippen LogP contribution in [0.3, 0.4) is 0 Å². The van der Waals surface area contributed by atoms with Gasteiger partial charge in [0.05, 0.1) is 5.52 Å². The molecule has 0 aliphatic heterocycles. The molecule has 0 N–H and O–H groups in total. The maximum absolute atomic E-state index is 4.70. The van der Waals surface area contributed by atoms with E-state index < -0.39 is 0 Å². The normalized spacial score (nSPS) is 10.9. The highest BCUT2D eigenvalue weighted by atomic mass is 15.1. The highest BCUT2D eigenvalue weighted by molar-refractivity contribution is 5.87. The van der Waals surface area contributed by atoms with Gasteiger partial charge in [-0.3, -0.25) is 9.55 Å². The minimum atomic E-state index is 0.680. The van der Waals surface area contributed by atoms with Crippen LogP contribution >= 0.6 is 0 Å². The third-order valence-corrected chi connectivity index (χ3v) is 3.27. The Morgan fingerprint density at radius 3 is 2.48 bits per heavy atom. The number of rotatable bonds is 2. The van der Waals surface area contributed by atoms with E-state index in [4.69, 9.17) is 4.98 Å². The molecule has 1 aromatic carbocycles. The Morgan fingerprint density at radius 2 is 1.67 bits per heavy atom. The van der Waals surface area contributed by atoms with Crippen LogP contribution in [0, 0.1) is 0 Å². The standard InChI is InChI=1S/C16H11N5/c1-2-4-14-13(3-1)16(21-10-9-18-11-21)20-15(19-14)12-5-7-17-8-6-12/h1-11H. The predicted octanol–water partition coefficient (Wildman–Crippen LogP) is 2.88. The van der Waals surface area contributed by atoms with Crippen molar-refractivity contribution >= 4 is 10.9 Å². The zero-order valence-electron chi connectivity index (χ0n) is 11.1. The second kappa shape index (κ2) is 4.79. The van der Waals surface area contributed by atoms with Crippen LogP contribution in [0.1, 0.15) is 0 Å². The minimum absolute atomic E-state index is 0.680. The summed E-state index contributed by atoms with van der Waals surface area (Å²) in [6.45, 7) is 0. The van der Waals surface area contributed by atoms with E-state index in [2.05, 4.69) is 15.0 Å². The summed E-state index contributed by atoms with van der Waals surface area (Å²) >= 11 is 0. The molecule has 0 bridgehead atoms. The molecule has 0 unspecified atom stereocenters. The molecule has 0 radical (unpaired) electrons. The first-order valence-corrected chi connectivity index (χ1v) is 6.57. The lowest BCUT2D eigenvalue weighted by molar-refractivity contribution is 0.996. The van der Waals surface area contributed by atoms with Crippen molar-refractivity contribution in [3.05, 3.63) is 67.5 Å². The zero-order valence-corrected chi connectivity index (χ0v) is 11.1. The number of pyridine rings is 1. The van der Waals surface area contributed by atoms with Crippen LogP contribution in [0.25, 0.3) is 28.1 Å². The topological polar surface area (TPSA) is 56.5 Å². The highest BCUT2D eigenvalue weighted by Gasteiger charge is 2.10. The van der Waals surface area contributed by atoms with Crippen molar-refractivity contribution in [1.82, 2.24) is 24.5 Å². The van der Waals surface area contributed by atoms with Crippen molar-refractivity contribution in [3.63, 3.8) is 0 Å². The van der Waals surface area contributed by atoms with Crippen LogP contribution in [-0.2, 0) is 0 Å². The molecule has 4 aromatic rings. The van der Waals surface area contributed by atoms with Gasteiger partial charge in [0, 0.05) is 35.7 Å². The van der Waals surface area contributed by atoms with Crippen molar-refractivity contribution in [2.45, 2.75) is 0 Å². The Morgan fingerprint density at radius 1 is 0.810 bits per heavy atom. The number of fused-ring (bicyclic) bond motifs is 1. The summed E-state index contributed by atoms with van der Waals surface area (Å²) in [6, 6.07) is 11.8. The number of aromatic nitrogens is 5. The van der Waals surface area contributed by atoms with Crippen LogP contribution < -0.4 is 0 Å². The van der Waals surface area contributed by atoms with Crippen molar-refractivity contribution in [2.24, 2.45) is 0 Å². The molecule has 0 amide bonds. The predicted molar refractivity (Wildman–Crippen MR) is 79.9 cm³/mol. The van der Waals surface area contributed by atoms with Gasteiger partial charge >= 0.3 is 0 Å². The molecule has 5 nitrogen and oxygen atoms in total. The molecule has 0 aliphatic rings. The molecule has 4 rings (SSSR count). The number of hydrogen-bond acceptors (Lipinski definition) is 4. The number of nitrogens with zero attached hydrogens (tertiary/aromatic N) is 5. The van der Waals surface area contributed by atoms with Gasteiger partial charge in [0.2, 0.25) is 0 Å². The van der Waals surface area contributed by atoms with E-state index in [0.29, 0.717) is 5.82 Å². The molecule has 100 valence electrons. The van der Waals surface area contributed by atoms with Gasteiger partial charge in [-0.05, 0) is 24.3 Å². The van der Waals surface area contributed by atoms with Crippen molar-refractivity contribution in [2.75, 3.05) is 0 Å². The maximum atomic E-state index is 4.70. The summed E-state index contributed by atoms with van der Waals surface area (Å²) in [6.07, 6.45) is 8.84. The number of para-hydroxylation sites is 1. The van der Waals surface area contributed by atoms with E-state index >= 15 is 0 Å². The van der Waals surface area contributed by atoms with Gasteiger partial charge in [-0.25, -0.2) is 15.0 Å². The van der Waals surface area contributed by atoms with E-state index in [-0.39, 0.29) is 0 Å². The molecule has 21 heavy (non-hydrogen) atoms. The highest BCUT2D eigenvalue weighted by Crippen LogP contribution is 2.23. The Kier molecular flexibility index (Phi) is 2.67. The van der Waals surface area contributed by atoms with E-state index in [1.54, 1.807) is 24.9 Å². The third-order valence-electron chi connectivity index (χ3n) is 3.27. The molecular weight excluding hydrogens is 262 g/mol. The molecule has 3 aromatic heterocycles. The summed E-state index contributed by atoms with van der Waals surface area (Å²) in [5.74, 6) is 1.50. The zero-order chi connectivity index (χ0) is 14.1. The second-order valence-electron chi connectivity index (χ2n) is 4.59. The average molecular weight is 273 g/mol. The van der Waals surface area contributed by atoms with Gasteiger partial charge in [-0.1, -0.05) is 12.1 Å². The van der Waals surface area contributed by atoms with Crippen LogP contribution in [0.5, 0.6) is 0 Å². The van der Waals surface area contributed by atoms with Gasteiger partial charge in [-0.2, -0.15) is 0 Å². The fourth-order valence-corrected chi connectivity index (χ4v) is 2.27. The molecule has 0 aliphatic carbocycles. The van der Waals surface area contributed by atoms with E-state index in [1.807, 2.05) is 47.2 Å². The van der Waals surface area contributed by atoms with E-state index in [0.717, 1.165) is 22.3 Å². The smallest absolute Gasteiger partial charge is 0.162 e. The van der Waals surface area contributed by atoms with Crippen LogP contribution in [0.4, 0.5) is 0 Å². The van der Waals surface area contributed by atoms with E-state index in [9.17, 15) is 0 Å². The van der Waals surface area contributed by atoms with Gasteiger partial charge < -0.3 is 0 Å². The molecule has 0 saturated heterocycles. The Hall–Kier alpha value is -3.08. The average Bonchev–Trinajstić information content (AvgIpc) is 3.09. The number of hydrogen-bond donors (Lipinski definition) is 0. The molecular formula is C16H11N5. The molecule has 0 atom stereocenters. The lowest BCUT2D eigenvalue weighted by Crippen LogP contribution is -2.00. The maximum Gasteiger partial charge on any atom is 0.162 e. The van der Waals surface area contributed by atoms with Crippen LogP contribution in [0.2, 0.25) is 0 Å². The lowest BCUT2D eigenvalue weighted by atomic mass is 10.2. The lowest BCUT2D eigenvalue weighted by Gasteiger charge is -2.09.